The van der Waals surface area contributed by atoms with Crippen molar-refractivity contribution >= 4 is 11.9 Å². The Kier molecular flexibility index (Phi) is 6.29. The lowest BCUT2D eigenvalue weighted by atomic mass is 10.3. The van der Waals surface area contributed by atoms with Crippen LogP contribution >= 0.6 is 0 Å². The Morgan fingerprint density at radius 2 is 2.06 bits per heavy atom. The van der Waals surface area contributed by atoms with Crippen LogP contribution in [0.25, 0.3) is 0 Å². The number of nitrogens with two attached hydrogens (primary N) is 1. The quantitative estimate of drug-likeness (QED) is 0.319. The van der Waals surface area contributed by atoms with Gasteiger partial charge in [-0.1, -0.05) is 5.16 Å². The molecule has 0 heterocycles. The molecular weight excluding hydrogens is 208 g/mol. The molecule has 0 saturated carbocycles. The molecule has 6 heteroatoms. The first-order chi connectivity index (χ1) is 7.43. The first-order valence-electron chi connectivity index (χ1n) is 5.42. The maximum atomic E-state index is 11.9. The number of nitrogens with zero attached hydrogens (tertiary/aromatic N) is 3. The molecule has 0 saturated heterocycles. The van der Waals surface area contributed by atoms with Gasteiger partial charge in [0.1, 0.15) is 5.84 Å². The third-order valence-corrected chi connectivity index (χ3v) is 2.41. The molecule has 0 aromatic heterocycles. The van der Waals surface area contributed by atoms with Crippen LogP contribution in [-0.2, 0) is 0 Å². The van der Waals surface area contributed by atoms with Crippen LogP contribution in [-0.4, -0.2) is 53.1 Å². The van der Waals surface area contributed by atoms with Crippen molar-refractivity contribution in [2.45, 2.75) is 33.2 Å². The predicted molar refractivity (Wildman–Crippen MR) is 63.6 cm³/mol. The zero-order valence-corrected chi connectivity index (χ0v) is 10.5. The Hall–Kier alpha value is -1.46. The topological polar surface area (TPSA) is 82.2 Å². The highest BCUT2D eigenvalue weighted by Gasteiger charge is 2.19. The summed E-state index contributed by atoms with van der Waals surface area (Å²) < 4.78 is 0. The maximum Gasteiger partial charge on any atom is 0.319 e. The molecule has 16 heavy (non-hydrogen) atoms. The third kappa shape index (κ3) is 4.37. The van der Waals surface area contributed by atoms with Crippen LogP contribution < -0.4 is 5.73 Å². The smallest absolute Gasteiger partial charge is 0.319 e. The van der Waals surface area contributed by atoms with Crippen LogP contribution in [0.4, 0.5) is 4.79 Å². The van der Waals surface area contributed by atoms with E-state index in [0.29, 0.717) is 19.5 Å². The van der Waals surface area contributed by atoms with E-state index in [1.165, 1.54) is 0 Å². The monoisotopic (exact) mass is 230 g/mol. The van der Waals surface area contributed by atoms with Crippen molar-refractivity contribution in [3.63, 3.8) is 0 Å². The molecule has 0 aliphatic carbocycles. The SMILES string of the molecule is CCN(C)C(=O)N(CCC(N)=NO)C(C)C. The van der Waals surface area contributed by atoms with Gasteiger partial charge in [-0.3, -0.25) is 0 Å². The van der Waals surface area contributed by atoms with Gasteiger partial charge in [-0.2, -0.15) is 0 Å². The lowest BCUT2D eigenvalue weighted by molar-refractivity contribution is 0.152. The molecule has 0 rings (SSSR count). The van der Waals surface area contributed by atoms with E-state index in [-0.39, 0.29) is 17.9 Å². The van der Waals surface area contributed by atoms with Gasteiger partial charge >= 0.3 is 6.03 Å². The van der Waals surface area contributed by atoms with E-state index >= 15 is 0 Å². The van der Waals surface area contributed by atoms with Gasteiger partial charge < -0.3 is 20.7 Å². The van der Waals surface area contributed by atoms with Gasteiger partial charge in [-0.05, 0) is 20.8 Å². The van der Waals surface area contributed by atoms with Crippen molar-refractivity contribution in [1.82, 2.24) is 9.80 Å². The normalized spacial score (nSPS) is 11.7. The summed E-state index contributed by atoms with van der Waals surface area (Å²) >= 11 is 0. The van der Waals surface area contributed by atoms with Gasteiger partial charge in [-0.15, -0.1) is 0 Å². The summed E-state index contributed by atoms with van der Waals surface area (Å²) in [6.07, 6.45) is 0.373. The van der Waals surface area contributed by atoms with Crippen LogP contribution in [0.15, 0.2) is 5.16 Å². The van der Waals surface area contributed by atoms with E-state index in [9.17, 15) is 4.79 Å². The first-order valence-corrected chi connectivity index (χ1v) is 5.42. The Bertz CT molecular complexity index is 253. The summed E-state index contributed by atoms with van der Waals surface area (Å²) in [6, 6.07) is 0.0521. The number of hydrogen-bond donors (Lipinski definition) is 2. The molecule has 0 aliphatic rings. The number of urea groups is 1. The number of carbonyl (C=O) groups is 1. The molecule has 0 aromatic carbocycles. The standard InChI is InChI=1S/C10H22N4O2/c1-5-13(4)10(15)14(8(2)3)7-6-9(11)12-16/h8,16H,5-7H2,1-4H3,(H2,11,12). The van der Waals surface area contributed by atoms with Crippen LogP contribution in [0.1, 0.15) is 27.2 Å². The molecule has 94 valence electrons. The minimum Gasteiger partial charge on any atom is -0.409 e. The number of amides is 2. The zero-order chi connectivity index (χ0) is 12.7. The minimum atomic E-state index is -0.0387. The summed E-state index contributed by atoms with van der Waals surface area (Å²) in [7, 11) is 1.75. The summed E-state index contributed by atoms with van der Waals surface area (Å²) in [4.78, 5) is 15.3. The predicted octanol–water partition coefficient (Wildman–Crippen LogP) is 0.905. The van der Waals surface area contributed by atoms with E-state index in [1.807, 2.05) is 20.8 Å². The van der Waals surface area contributed by atoms with Crippen LogP contribution in [0.2, 0.25) is 0 Å². The van der Waals surface area contributed by atoms with Crippen molar-refractivity contribution in [3.8, 4) is 0 Å². The molecule has 0 unspecified atom stereocenters. The van der Waals surface area contributed by atoms with Crippen molar-refractivity contribution in [3.05, 3.63) is 0 Å². The lowest BCUT2D eigenvalue weighted by Crippen LogP contribution is -2.45. The van der Waals surface area contributed by atoms with Gasteiger partial charge in [0.2, 0.25) is 0 Å². The third-order valence-electron chi connectivity index (χ3n) is 2.41. The summed E-state index contributed by atoms with van der Waals surface area (Å²) in [5.74, 6) is 0.137. The number of oxime groups is 1. The largest absolute Gasteiger partial charge is 0.409 e. The van der Waals surface area contributed by atoms with E-state index in [0.717, 1.165) is 0 Å². The Balaban J connectivity index is 4.44. The van der Waals surface area contributed by atoms with E-state index < -0.39 is 0 Å². The number of hydrogen-bond acceptors (Lipinski definition) is 3. The van der Waals surface area contributed by atoms with Gasteiger partial charge in [0.05, 0.1) is 0 Å². The highest BCUT2D eigenvalue weighted by atomic mass is 16.4. The molecule has 3 N–H and O–H groups in total. The molecular formula is C10H22N4O2. The fourth-order valence-electron chi connectivity index (χ4n) is 1.21. The Labute approximate surface area is 96.7 Å². The van der Waals surface area contributed by atoms with E-state index in [2.05, 4.69) is 5.16 Å². The average Bonchev–Trinajstić information content (AvgIpc) is 2.26. The second-order valence-corrected chi connectivity index (χ2v) is 3.93. The number of carbonyl (C=O) groups excluding carboxylic acids is 1. The Morgan fingerprint density at radius 1 is 1.50 bits per heavy atom. The molecule has 0 aromatic rings. The summed E-state index contributed by atoms with van der Waals surface area (Å²) in [5.41, 5.74) is 5.38. The molecule has 2 amide bonds. The van der Waals surface area contributed by atoms with E-state index in [4.69, 9.17) is 10.9 Å². The first kappa shape index (κ1) is 14.5. The van der Waals surface area contributed by atoms with Crippen molar-refractivity contribution in [2.24, 2.45) is 10.9 Å². The van der Waals surface area contributed by atoms with Crippen LogP contribution in [0.3, 0.4) is 0 Å². The van der Waals surface area contributed by atoms with E-state index in [1.54, 1.807) is 16.8 Å². The zero-order valence-electron chi connectivity index (χ0n) is 10.5. The average molecular weight is 230 g/mol. The lowest BCUT2D eigenvalue weighted by Gasteiger charge is -2.30. The fourth-order valence-corrected chi connectivity index (χ4v) is 1.21. The van der Waals surface area contributed by atoms with Gasteiger partial charge in [0.25, 0.3) is 0 Å². The molecule has 0 radical (unpaired) electrons. The molecule has 0 aliphatic heterocycles. The minimum absolute atomic E-state index is 0.0387. The molecule has 0 bridgehead atoms. The second-order valence-electron chi connectivity index (χ2n) is 3.93. The molecule has 0 spiro atoms. The summed E-state index contributed by atoms with van der Waals surface area (Å²) in [5, 5.41) is 11.3. The van der Waals surface area contributed by atoms with Gasteiger partial charge in [0, 0.05) is 32.6 Å². The summed E-state index contributed by atoms with van der Waals surface area (Å²) in [6.45, 7) is 6.91. The van der Waals surface area contributed by atoms with Crippen LogP contribution in [0.5, 0.6) is 0 Å². The Morgan fingerprint density at radius 3 is 2.44 bits per heavy atom. The highest BCUT2D eigenvalue weighted by molar-refractivity contribution is 5.81. The maximum absolute atomic E-state index is 11.9. The van der Waals surface area contributed by atoms with Crippen molar-refractivity contribution in [2.75, 3.05) is 20.1 Å². The molecule has 0 fully saturated rings. The van der Waals surface area contributed by atoms with Crippen LogP contribution in [0, 0.1) is 0 Å². The number of amidine groups is 1. The second kappa shape index (κ2) is 6.92. The number of rotatable bonds is 5. The van der Waals surface area contributed by atoms with Crippen molar-refractivity contribution < 1.29 is 10.0 Å². The van der Waals surface area contributed by atoms with Gasteiger partial charge in [0.15, 0.2) is 0 Å². The highest BCUT2D eigenvalue weighted by Crippen LogP contribution is 2.04. The van der Waals surface area contributed by atoms with Crippen molar-refractivity contribution in [1.29, 1.82) is 0 Å². The molecule has 0 atom stereocenters. The molecule has 6 nitrogen and oxygen atoms in total. The van der Waals surface area contributed by atoms with Gasteiger partial charge in [-0.25, -0.2) is 4.79 Å². The fraction of sp³-hybridized carbons (Fsp3) is 0.800.